The summed E-state index contributed by atoms with van der Waals surface area (Å²) in [4.78, 5) is 23.6. The molecule has 1 aromatic carbocycles. The number of aromatic nitrogens is 2. The molecule has 8 nitrogen and oxygen atoms in total. The second-order valence-corrected chi connectivity index (χ2v) is 6.60. The van der Waals surface area contributed by atoms with Crippen LogP contribution in [0.1, 0.15) is 24.2 Å². The second kappa shape index (κ2) is 7.36. The number of aryl methyl sites for hydroxylation is 2. The summed E-state index contributed by atoms with van der Waals surface area (Å²) in [6.07, 6.45) is 1.75. The summed E-state index contributed by atoms with van der Waals surface area (Å²) in [6.45, 7) is 2.40. The van der Waals surface area contributed by atoms with E-state index in [-0.39, 0.29) is 42.0 Å². The Morgan fingerprint density at radius 3 is 3.15 bits per heavy atom. The number of carbonyl (C=O) groups excluding carboxylic acids is 2. The lowest BCUT2D eigenvalue weighted by atomic mass is 10.2. The van der Waals surface area contributed by atoms with Crippen molar-refractivity contribution in [1.82, 2.24) is 15.1 Å². The average Bonchev–Trinajstić information content (AvgIpc) is 2.89. The average molecular weight is 373 g/mol. The number of nitrogens with zero attached hydrogens (tertiary/aromatic N) is 2. The maximum Gasteiger partial charge on any atom is 0.262 e. The molecule has 1 aromatic heterocycles. The van der Waals surface area contributed by atoms with E-state index in [0.717, 1.165) is 37.4 Å². The molecule has 0 fully saturated rings. The van der Waals surface area contributed by atoms with E-state index in [1.807, 2.05) is 10.7 Å². The van der Waals surface area contributed by atoms with Crippen molar-refractivity contribution in [2.24, 2.45) is 0 Å². The van der Waals surface area contributed by atoms with Crippen molar-refractivity contribution in [3.05, 3.63) is 35.4 Å². The Morgan fingerprint density at radius 1 is 1.37 bits per heavy atom. The lowest BCUT2D eigenvalue weighted by molar-refractivity contribution is -0.118. The minimum atomic E-state index is -0.631. The summed E-state index contributed by atoms with van der Waals surface area (Å²) in [5.74, 6) is -1.26. The molecule has 0 unspecified atom stereocenters. The summed E-state index contributed by atoms with van der Waals surface area (Å²) in [6, 6.07) is 4.67. The highest BCUT2D eigenvalue weighted by Crippen LogP contribution is 2.33. The van der Waals surface area contributed by atoms with Crippen LogP contribution < -0.4 is 20.7 Å². The number of nitrogens with one attached hydrogen (secondary N) is 3. The zero-order chi connectivity index (χ0) is 18.8. The summed E-state index contributed by atoms with van der Waals surface area (Å²) >= 11 is 0. The molecule has 2 aromatic rings. The number of rotatable bonds is 4. The molecule has 3 N–H and O–H groups in total. The minimum Gasteiger partial charge on any atom is -0.478 e. The predicted molar refractivity (Wildman–Crippen MR) is 96.0 cm³/mol. The van der Waals surface area contributed by atoms with Gasteiger partial charge in [-0.15, -0.1) is 0 Å². The molecule has 0 bridgehead atoms. The summed E-state index contributed by atoms with van der Waals surface area (Å²) in [5, 5.41) is 13.1. The second-order valence-electron chi connectivity index (χ2n) is 6.60. The van der Waals surface area contributed by atoms with Gasteiger partial charge in [0.1, 0.15) is 0 Å². The number of benzene rings is 1. The fourth-order valence-corrected chi connectivity index (χ4v) is 3.24. The number of halogens is 1. The molecule has 0 radical (unpaired) electrons. The molecule has 4 rings (SSSR count). The molecule has 0 aliphatic carbocycles. The van der Waals surface area contributed by atoms with Crippen molar-refractivity contribution in [3.8, 4) is 5.75 Å². The molecule has 2 aliphatic rings. The van der Waals surface area contributed by atoms with Gasteiger partial charge in [-0.2, -0.15) is 5.10 Å². The monoisotopic (exact) mass is 373 g/mol. The van der Waals surface area contributed by atoms with Crippen molar-refractivity contribution in [1.29, 1.82) is 0 Å². The van der Waals surface area contributed by atoms with Crippen molar-refractivity contribution >= 4 is 23.2 Å². The Balaban J connectivity index is 1.38. The van der Waals surface area contributed by atoms with Crippen molar-refractivity contribution in [2.75, 3.05) is 23.8 Å². The SMILES string of the molecule is O=C(CCc1cc2n(n1)CCCNC2)Nc1cc(F)c2c(c1)NC(=O)CO2. The largest absolute Gasteiger partial charge is 0.478 e. The van der Waals surface area contributed by atoms with Gasteiger partial charge in [-0.3, -0.25) is 14.3 Å². The summed E-state index contributed by atoms with van der Waals surface area (Å²) in [5.41, 5.74) is 2.47. The Morgan fingerprint density at radius 2 is 2.26 bits per heavy atom. The number of carbonyl (C=O) groups is 2. The van der Waals surface area contributed by atoms with E-state index in [1.54, 1.807) is 0 Å². The van der Waals surface area contributed by atoms with Crippen LogP contribution >= 0.6 is 0 Å². The van der Waals surface area contributed by atoms with Crippen molar-refractivity contribution in [3.63, 3.8) is 0 Å². The molecule has 9 heteroatoms. The predicted octanol–water partition coefficient (Wildman–Crippen LogP) is 1.42. The molecule has 142 valence electrons. The van der Waals surface area contributed by atoms with Gasteiger partial charge in [0.25, 0.3) is 5.91 Å². The molecule has 2 amide bonds. The first kappa shape index (κ1) is 17.5. The van der Waals surface area contributed by atoms with Gasteiger partial charge in [-0.25, -0.2) is 4.39 Å². The number of ether oxygens (including phenoxy) is 1. The lowest BCUT2D eigenvalue weighted by Gasteiger charge is -2.19. The Labute approximate surface area is 155 Å². The van der Waals surface area contributed by atoms with Gasteiger partial charge < -0.3 is 20.7 Å². The van der Waals surface area contributed by atoms with E-state index in [0.29, 0.717) is 6.42 Å². The maximum atomic E-state index is 14.1. The molecule has 3 heterocycles. The topological polar surface area (TPSA) is 97.3 Å². The third-order valence-corrected chi connectivity index (χ3v) is 4.50. The maximum absolute atomic E-state index is 14.1. The highest BCUT2D eigenvalue weighted by molar-refractivity contribution is 5.97. The zero-order valence-electron chi connectivity index (χ0n) is 14.7. The third kappa shape index (κ3) is 3.92. The molecular formula is C18H20FN5O3. The molecule has 0 saturated heterocycles. The zero-order valence-corrected chi connectivity index (χ0v) is 14.7. The molecule has 0 spiro atoms. The number of amides is 2. The van der Waals surface area contributed by atoms with Crippen molar-refractivity contribution in [2.45, 2.75) is 32.4 Å². The standard InChI is InChI=1S/C18H20FN5O3/c19-14-7-12(8-15-18(14)27-10-17(26)22-15)21-16(25)3-2-11-6-13-9-20-4-1-5-24(13)23-11/h6-8,20H,1-5,9-10H2,(H,21,25)(H,22,26). The fourth-order valence-electron chi connectivity index (χ4n) is 3.24. The van der Waals surface area contributed by atoms with E-state index in [4.69, 9.17) is 4.74 Å². The molecule has 27 heavy (non-hydrogen) atoms. The van der Waals surface area contributed by atoms with Crippen LogP contribution in [0.4, 0.5) is 15.8 Å². The van der Waals surface area contributed by atoms with Gasteiger partial charge in [-0.05, 0) is 25.1 Å². The smallest absolute Gasteiger partial charge is 0.262 e. The molecule has 2 aliphatic heterocycles. The Hall–Kier alpha value is -2.94. The normalized spacial score (nSPS) is 15.8. The number of hydrogen-bond donors (Lipinski definition) is 3. The van der Waals surface area contributed by atoms with Gasteiger partial charge in [0.2, 0.25) is 5.91 Å². The van der Waals surface area contributed by atoms with Crippen LogP contribution in [-0.4, -0.2) is 34.7 Å². The van der Waals surface area contributed by atoms with E-state index < -0.39 is 5.82 Å². The van der Waals surface area contributed by atoms with Gasteiger partial charge in [0.15, 0.2) is 18.2 Å². The van der Waals surface area contributed by atoms with Crippen LogP contribution in [0, 0.1) is 5.82 Å². The Bertz CT molecular complexity index is 872. The lowest BCUT2D eigenvalue weighted by Crippen LogP contribution is -2.26. The number of hydrogen-bond acceptors (Lipinski definition) is 5. The van der Waals surface area contributed by atoms with E-state index in [1.165, 1.54) is 12.1 Å². The first-order chi connectivity index (χ1) is 13.1. The van der Waals surface area contributed by atoms with Crippen LogP contribution in [0.5, 0.6) is 5.75 Å². The van der Waals surface area contributed by atoms with Crippen LogP contribution in [0.25, 0.3) is 0 Å². The molecule has 0 saturated carbocycles. The molecular weight excluding hydrogens is 353 g/mol. The first-order valence-corrected chi connectivity index (χ1v) is 8.91. The van der Waals surface area contributed by atoms with Gasteiger partial charge >= 0.3 is 0 Å². The van der Waals surface area contributed by atoms with Gasteiger partial charge in [0.05, 0.1) is 17.1 Å². The van der Waals surface area contributed by atoms with E-state index in [9.17, 15) is 14.0 Å². The summed E-state index contributed by atoms with van der Waals surface area (Å²) < 4.78 is 21.1. The highest BCUT2D eigenvalue weighted by Gasteiger charge is 2.21. The van der Waals surface area contributed by atoms with Crippen LogP contribution in [0.2, 0.25) is 0 Å². The quantitative estimate of drug-likeness (QED) is 0.753. The van der Waals surface area contributed by atoms with E-state index in [2.05, 4.69) is 21.0 Å². The summed E-state index contributed by atoms with van der Waals surface area (Å²) in [7, 11) is 0. The first-order valence-electron chi connectivity index (χ1n) is 8.91. The third-order valence-electron chi connectivity index (χ3n) is 4.50. The minimum absolute atomic E-state index is 0.0132. The Kier molecular flexibility index (Phi) is 4.76. The van der Waals surface area contributed by atoms with Crippen molar-refractivity contribution < 1.29 is 18.7 Å². The highest BCUT2D eigenvalue weighted by atomic mass is 19.1. The number of anilines is 2. The van der Waals surface area contributed by atoms with Gasteiger partial charge in [-0.1, -0.05) is 0 Å². The van der Waals surface area contributed by atoms with Crippen LogP contribution in [0.15, 0.2) is 18.2 Å². The molecule has 0 atom stereocenters. The fraction of sp³-hybridized carbons (Fsp3) is 0.389. The van der Waals surface area contributed by atoms with Crippen LogP contribution in [0.3, 0.4) is 0 Å². The van der Waals surface area contributed by atoms with Crippen LogP contribution in [-0.2, 0) is 29.1 Å². The number of fused-ring (bicyclic) bond motifs is 2. The van der Waals surface area contributed by atoms with E-state index >= 15 is 0 Å². The van der Waals surface area contributed by atoms with Gasteiger partial charge in [0, 0.05) is 37.7 Å².